The molecule has 27 heavy (non-hydrogen) atoms. The van der Waals surface area contributed by atoms with Crippen molar-refractivity contribution in [2.75, 3.05) is 11.9 Å². The summed E-state index contributed by atoms with van der Waals surface area (Å²) in [5, 5.41) is 3.17. The molecule has 1 N–H and O–H groups in total. The Labute approximate surface area is 162 Å². The van der Waals surface area contributed by atoms with E-state index in [4.69, 9.17) is 21.1 Å². The van der Waals surface area contributed by atoms with E-state index in [-0.39, 0.29) is 12.5 Å². The summed E-state index contributed by atoms with van der Waals surface area (Å²) in [6.45, 7) is 3.13. The molecule has 0 fully saturated rings. The van der Waals surface area contributed by atoms with Gasteiger partial charge in [0, 0.05) is 10.7 Å². The lowest BCUT2D eigenvalue weighted by molar-refractivity contribution is -0.146. The molecule has 142 valence electrons. The van der Waals surface area contributed by atoms with Crippen LogP contribution in [0.4, 0.5) is 5.69 Å². The molecule has 0 heterocycles. The van der Waals surface area contributed by atoms with Crippen LogP contribution >= 0.6 is 11.6 Å². The summed E-state index contributed by atoms with van der Waals surface area (Å²) in [4.78, 5) is 35.4. The van der Waals surface area contributed by atoms with E-state index in [2.05, 4.69) is 5.32 Å². The number of carbonyl (C=O) groups excluding carboxylic acids is 3. The van der Waals surface area contributed by atoms with Crippen molar-refractivity contribution in [3.8, 4) is 0 Å². The molecular formula is C20H20ClNO5. The van der Waals surface area contributed by atoms with Crippen LogP contribution in [0.25, 0.3) is 0 Å². The summed E-state index contributed by atoms with van der Waals surface area (Å²) in [5.74, 6) is -1.42. The normalized spacial score (nSPS) is 10.4. The Hall–Kier alpha value is -2.86. The third-order valence-corrected chi connectivity index (χ3v) is 3.63. The van der Waals surface area contributed by atoms with Gasteiger partial charge < -0.3 is 14.8 Å². The highest BCUT2D eigenvalue weighted by atomic mass is 35.5. The van der Waals surface area contributed by atoms with E-state index >= 15 is 0 Å². The zero-order chi connectivity index (χ0) is 19.8. The largest absolute Gasteiger partial charge is 0.459 e. The van der Waals surface area contributed by atoms with Crippen molar-refractivity contribution in [3.05, 3.63) is 64.7 Å². The van der Waals surface area contributed by atoms with Crippen LogP contribution in [0.15, 0.2) is 48.5 Å². The highest BCUT2D eigenvalue weighted by Crippen LogP contribution is 2.12. The maximum absolute atomic E-state index is 11.9. The lowest BCUT2D eigenvalue weighted by Crippen LogP contribution is -2.21. The van der Waals surface area contributed by atoms with Crippen molar-refractivity contribution >= 4 is 35.1 Å². The molecule has 0 aromatic heterocycles. The topological polar surface area (TPSA) is 81.7 Å². The standard InChI is InChI=1S/C20H20ClNO5/c1-13(2)27-20(25)15-5-9-17(10-6-15)22-18(23)12-26-19(24)11-14-3-7-16(21)8-4-14/h3-10,13H,11-12H2,1-2H3,(H,22,23). The Balaban J connectivity index is 1.78. The van der Waals surface area contributed by atoms with E-state index < -0.39 is 24.5 Å². The Morgan fingerprint density at radius 2 is 1.63 bits per heavy atom. The summed E-state index contributed by atoms with van der Waals surface area (Å²) in [5.41, 5.74) is 1.61. The molecule has 2 aromatic carbocycles. The van der Waals surface area contributed by atoms with Gasteiger partial charge in [-0.1, -0.05) is 23.7 Å². The number of hydrogen-bond acceptors (Lipinski definition) is 5. The number of amides is 1. The number of ether oxygens (including phenoxy) is 2. The molecule has 0 aliphatic heterocycles. The Morgan fingerprint density at radius 3 is 2.22 bits per heavy atom. The lowest BCUT2D eigenvalue weighted by atomic mass is 10.1. The predicted molar refractivity (Wildman–Crippen MR) is 102 cm³/mol. The summed E-state index contributed by atoms with van der Waals surface area (Å²) in [6.07, 6.45) is -0.156. The number of esters is 2. The van der Waals surface area contributed by atoms with Crippen LogP contribution in [0, 0.1) is 0 Å². The maximum Gasteiger partial charge on any atom is 0.338 e. The molecule has 0 unspecified atom stereocenters. The van der Waals surface area contributed by atoms with Gasteiger partial charge >= 0.3 is 11.9 Å². The second-order valence-corrected chi connectivity index (χ2v) is 6.48. The fourth-order valence-corrected chi connectivity index (χ4v) is 2.26. The Bertz CT molecular complexity index is 800. The van der Waals surface area contributed by atoms with E-state index in [1.807, 2.05) is 0 Å². The lowest BCUT2D eigenvalue weighted by Gasteiger charge is -2.09. The highest BCUT2D eigenvalue weighted by Gasteiger charge is 2.11. The molecule has 0 saturated carbocycles. The smallest absolute Gasteiger partial charge is 0.338 e. The molecule has 6 nitrogen and oxygen atoms in total. The average Bonchev–Trinajstić information content (AvgIpc) is 2.62. The third-order valence-electron chi connectivity index (χ3n) is 3.37. The van der Waals surface area contributed by atoms with E-state index in [1.165, 1.54) is 0 Å². The monoisotopic (exact) mass is 389 g/mol. The van der Waals surface area contributed by atoms with E-state index in [0.717, 1.165) is 5.56 Å². The Morgan fingerprint density at radius 1 is 1.00 bits per heavy atom. The minimum absolute atomic E-state index is 0.0527. The van der Waals surface area contributed by atoms with Crippen LogP contribution < -0.4 is 5.32 Å². The SMILES string of the molecule is CC(C)OC(=O)c1ccc(NC(=O)COC(=O)Cc2ccc(Cl)cc2)cc1. The molecule has 0 spiro atoms. The summed E-state index contributed by atoms with van der Waals surface area (Å²) >= 11 is 5.78. The first-order valence-electron chi connectivity index (χ1n) is 8.34. The summed E-state index contributed by atoms with van der Waals surface area (Å²) < 4.78 is 10.0. The zero-order valence-electron chi connectivity index (χ0n) is 15.0. The van der Waals surface area contributed by atoms with E-state index in [1.54, 1.807) is 62.4 Å². The van der Waals surface area contributed by atoms with Gasteiger partial charge in [-0.05, 0) is 55.8 Å². The first-order chi connectivity index (χ1) is 12.8. The van der Waals surface area contributed by atoms with Crippen LogP contribution in [-0.2, 0) is 25.5 Å². The number of rotatable bonds is 7. The fourth-order valence-electron chi connectivity index (χ4n) is 2.13. The number of halogens is 1. The summed E-state index contributed by atoms with van der Waals surface area (Å²) in [6, 6.07) is 13.0. The second kappa shape index (κ2) is 9.73. The molecule has 0 bridgehead atoms. The van der Waals surface area contributed by atoms with E-state index in [0.29, 0.717) is 16.3 Å². The maximum atomic E-state index is 11.9. The molecule has 2 rings (SSSR count). The first-order valence-corrected chi connectivity index (χ1v) is 8.72. The number of hydrogen-bond donors (Lipinski definition) is 1. The molecule has 0 saturated heterocycles. The van der Waals surface area contributed by atoms with Crippen LogP contribution in [0.1, 0.15) is 29.8 Å². The molecule has 0 radical (unpaired) electrons. The quantitative estimate of drug-likeness (QED) is 0.731. The molecule has 1 amide bonds. The molecule has 0 aliphatic carbocycles. The van der Waals surface area contributed by atoms with Crippen molar-refractivity contribution < 1.29 is 23.9 Å². The van der Waals surface area contributed by atoms with Crippen molar-refractivity contribution in [2.45, 2.75) is 26.4 Å². The van der Waals surface area contributed by atoms with Crippen LogP contribution in [0.5, 0.6) is 0 Å². The van der Waals surface area contributed by atoms with Gasteiger partial charge in [0.05, 0.1) is 18.1 Å². The van der Waals surface area contributed by atoms with Crippen molar-refractivity contribution in [1.29, 1.82) is 0 Å². The minimum atomic E-state index is -0.515. The third kappa shape index (κ3) is 7.11. The molecular weight excluding hydrogens is 370 g/mol. The number of benzene rings is 2. The minimum Gasteiger partial charge on any atom is -0.459 e. The van der Waals surface area contributed by atoms with Gasteiger partial charge in [0.25, 0.3) is 5.91 Å². The number of carbonyl (C=O) groups is 3. The van der Waals surface area contributed by atoms with Crippen molar-refractivity contribution in [1.82, 2.24) is 0 Å². The van der Waals surface area contributed by atoms with Crippen LogP contribution in [0.3, 0.4) is 0 Å². The number of nitrogens with one attached hydrogen (secondary N) is 1. The van der Waals surface area contributed by atoms with E-state index in [9.17, 15) is 14.4 Å². The van der Waals surface area contributed by atoms with Crippen molar-refractivity contribution in [2.24, 2.45) is 0 Å². The molecule has 0 atom stereocenters. The number of anilines is 1. The van der Waals surface area contributed by atoms with Gasteiger partial charge in [-0.15, -0.1) is 0 Å². The second-order valence-electron chi connectivity index (χ2n) is 6.04. The fraction of sp³-hybridized carbons (Fsp3) is 0.250. The molecule has 7 heteroatoms. The summed E-state index contributed by atoms with van der Waals surface area (Å²) in [7, 11) is 0. The molecule has 0 aliphatic rings. The van der Waals surface area contributed by atoms with Crippen molar-refractivity contribution in [3.63, 3.8) is 0 Å². The first kappa shape index (κ1) is 20.5. The van der Waals surface area contributed by atoms with Gasteiger partial charge in [0.1, 0.15) is 0 Å². The highest BCUT2D eigenvalue weighted by molar-refractivity contribution is 6.30. The predicted octanol–water partition coefficient (Wildman–Crippen LogP) is 3.63. The van der Waals surface area contributed by atoms with Gasteiger partial charge in [0.2, 0.25) is 0 Å². The Kier molecular flexibility index (Phi) is 7.37. The molecule has 2 aromatic rings. The van der Waals surface area contributed by atoms with Crippen LogP contribution in [0.2, 0.25) is 5.02 Å². The van der Waals surface area contributed by atoms with Gasteiger partial charge in [-0.2, -0.15) is 0 Å². The zero-order valence-corrected chi connectivity index (χ0v) is 15.8. The average molecular weight is 390 g/mol. The van der Waals surface area contributed by atoms with Crippen LogP contribution in [-0.4, -0.2) is 30.6 Å². The van der Waals surface area contributed by atoms with Gasteiger partial charge in [-0.3, -0.25) is 9.59 Å². The van der Waals surface area contributed by atoms with Gasteiger partial charge in [0.15, 0.2) is 6.61 Å². The van der Waals surface area contributed by atoms with Gasteiger partial charge in [-0.25, -0.2) is 4.79 Å².